The molecule has 0 radical (unpaired) electrons. The summed E-state index contributed by atoms with van der Waals surface area (Å²) in [6, 6.07) is 5.97. The van der Waals surface area contributed by atoms with Crippen LogP contribution in [0.25, 0.3) is 11.0 Å². The van der Waals surface area contributed by atoms with Gasteiger partial charge in [-0.05, 0) is 36.7 Å². The van der Waals surface area contributed by atoms with Gasteiger partial charge in [-0.1, -0.05) is 19.9 Å². The van der Waals surface area contributed by atoms with E-state index in [9.17, 15) is 0 Å². The molecular formula is C15H22N2O2S. The fraction of sp³-hybridized carbons (Fsp3) is 0.533. The Morgan fingerprint density at radius 2 is 2.15 bits per heavy atom. The van der Waals surface area contributed by atoms with E-state index in [-0.39, 0.29) is 0 Å². The van der Waals surface area contributed by atoms with Gasteiger partial charge in [0.25, 0.3) is 0 Å². The van der Waals surface area contributed by atoms with Crippen LogP contribution in [0.2, 0.25) is 0 Å². The van der Waals surface area contributed by atoms with Gasteiger partial charge >= 0.3 is 0 Å². The van der Waals surface area contributed by atoms with E-state index < -0.39 is 0 Å². The summed E-state index contributed by atoms with van der Waals surface area (Å²) in [5, 5.41) is 0. The zero-order chi connectivity index (χ0) is 14.5. The first-order valence-corrected chi connectivity index (χ1v) is 7.37. The average Bonchev–Trinajstić information content (AvgIpc) is 2.74. The third kappa shape index (κ3) is 3.41. The Balaban J connectivity index is 2.07. The third-order valence-electron chi connectivity index (χ3n) is 3.11. The van der Waals surface area contributed by atoms with Gasteiger partial charge in [-0.15, -0.1) is 0 Å². The van der Waals surface area contributed by atoms with Crippen LogP contribution < -0.4 is 4.74 Å². The molecule has 4 nitrogen and oxygen atoms in total. The van der Waals surface area contributed by atoms with E-state index in [0.29, 0.717) is 5.92 Å². The highest BCUT2D eigenvalue weighted by molar-refractivity contribution is 7.71. The number of nitrogens with zero attached hydrogens (tertiary/aromatic N) is 1. The van der Waals surface area contributed by atoms with Crippen molar-refractivity contribution in [2.45, 2.75) is 26.8 Å². The summed E-state index contributed by atoms with van der Waals surface area (Å²) in [5.41, 5.74) is 2.04. The van der Waals surface area contributed by atoms with Crippen LogP contribution in [0.4, 0.5) is 0 Å². The summed E-state index contributed by atoms with van der Waals surface area (Å²) >= 11 is 5.39. The summed E-state index contributed by atoms with van der Waals surface area (Å²) in [6.07, 6.45) is 0.950. The first-order chi connectivity index (χ1) is 9.63. The van der Waals surface area contributed by atoms with Crippen molar-refractivity contribution in [3.8, 4) is 5.75 Å². The second-order valence-corrected chi connectivity index (χ2v) is 5.65. The van der Waals surface area contributed by atoms with Crippen molar-refractivity contribution in [2.24, 2.45) is 5.92 Å². The molecule has 5 heteroatoms. The molecule has 0 aliphatic rings. The maximum absolute atomic E-state index is 5.61. The maximum atomic E-state index is 5.61. The topological polar surface area (TPSA) is 39.2 Å². The highest BCUT2D eigenvalue weighted by atomic mass is 32.1. The summed E-state index contributed by atoms with van der Waals surface area (Å²) in [7, 11) is 1.67. The minimum absolute atomic E-state index is 0.578. The highest BCUT2D eigenvalue weighted by Gasteiger charge is 2.08. The van der Waals surface area contributed by atoms with Crippen molar-refractivity contribution < 1.29 is 9.47 Å². The molecule has 2 rings (SSSR count). The van der Waals surface area contributed by atoms with Gasteiger partial charge in [0, 0.05) is 19.8 Å². The largest absolute Gasteiger partial charge is 0.494 e. The van der Waals surface area contributed by atoms with Crippen molar-refractivity contribution >= 4 is 23.3 Å². The van der Waals surface area contributed by atoms with Crippen molar-refractivity contribution in [2.75, 3.05) is 20.3 Å². The van der Waals surface area contributed by atoms with Crippen molar-refractivity contribution in [3.05, 3.63) is 23.0 Å². The molecule has 110 valence electrons. The summed E-state index contributed by atoms with van der Waals surface area (Å²) < 4.78 is 13.8. The molecule has 0 saturated carbocycles. The lowest BCUT2D eigenvalue weighted by molar-refractivity contribution is 0.105. The fourth-order valence-electron chi connectivity index (χ4n) is 2.19. The molecule has 0 saturated heterocycles. The van der Waals surface area contributed by atoms with Crippen LogP contribution in [-0.4, -0.2) is 29.9 Å². The minimum atomic E-state index is 0.578. The summed E-state index contributed by atoms with van der Waals surface area (Å²) in [4.78, 5) is 3.22. The Hall–Kier alpha value is -1.33. The zero-order valence-corrected chi connectivity index (χ0v) is 13.1. The Morgan fingerprint density at radius 3 is 2.85 bits per heavy atom. The van der Waals surface area contributed by atoms with Crippen molar-refractivity contribution in [3.63, 3.8) is 0 Å². The molecular weight excluding hydrogens is 272 g/mol. The molecule has 0 atom stereocenters. The number of aromatic nitrogens is 2. The van der Waals surface area contributed by atoms with Gasteiger partial charge in [0.15, 0.2) is 4.77 Å². The minimum Gasteiger partial charge on any atom is -0.494 e. The number of para-hydroxylation sites is 1. The van der Waals surface area contributed by atoms with Gasteiger partial charge < -0.3 is 19.0 Å². The smallest absolute Gasteiger partial charge is 0.178 e. The van der Waals surface area contributed by atoms with Crippen molar-refractivity contribution in [1.29, 1.82) is 0 Å². The summed E-state index contributed by atoms with van der Waals surface area (Å²) in [5.74, 6) is 1.40. The molecule has 20 heavy (non-hydrogen) atoms. The number of rotatable bonds is 7. The number of hydrogen-bond acceptors (Lipinski definition) is 3. The number of imidazole rings is 1. The second kappa shape index (κ2) is 6.90. The van der Waals surface area contributed by atoms with Crippen LogP contribution in [0.1, 0.15) is 20.3 Å². The number of aromatic amines is 1. The Bertz CT molecular complexity index is 616. The van der Waals surface area contributed by atoms with Crippen LogP contribution in [0.5, 0.6) is 5.75 Å². The Morgan fingerprint density at radius 1 is 1.35 bits per heavy atom. The molecule has 1 aromatic carbocycles. The quantitative estimate of drug-likeness (QED) is 0.624. The lowest BCUT2D eigenvalue weighted by Crippen LogP contribution is -2.06. The van der Waals surface area contributed by atoms with Crippen LogP contribution in [0, 0.1) is 10.7 Å². The highest BCUT2D eigenvalue weighted by Crippen LogP contribution is 2.24. The predicted molar refractivity (Wildman–Crippen MR) is 83.9 cm³/mol. The number of nitrogens with one attached hydrogen (secondary N) is 1. The van der Waals surface area contributed by atoms with Crippen LogP contribution in [0.3, 0.4) is 0 Å². The van der Waals surface area contributed by atoms with Crippen LogP contribution in [0.15, 0.2) is 18.2 Å². The van der Waals surface area contributed by atoms with E-state index in [0.717, 1.165) is 47.7 Å². The Labute approximate surface area is 124 Å². The standard InChI is InChI=1S/C15H22N2O2S/c1-11(2)10-19-9-5-8-17-12-6-4-7-13(18-3)14(12)16-15(17)20/h4,6-7,11H,5,8-10H2,1-3H3,(H,16,20). The molecule has 0 amide bonds. The van der Waals surface area contributed by atoms with Gasteiger partial charge in [-0.2, -0.15) is 0 Å². The molecule has 0 aliphatic carbocycles. The van der Waals surface area contributed by atoms with Gasteiger partial charge in [0.1, 0.15) is 11.3 Å². The van der Waals surface area contributed by atoms with E-state index in [1.807, 2.05) is 12.1 Å². The van der Waals surface area contributed by atoms with E-state index >= 15 is 0 Å². The second-order valence-electron chi connectivity index (χ2n) is 5.26. The van der Waals surface area contributed by atoms with Gasteiger partial charge in [-0.3, -0.25) is 0 Å². The molecule has 1 heterocycles. The zero-order valence-electron chi connectivity index (χ0n) is 12.3. The molecule has 0 fully saturated rings. The lowest BCUT2D eigenvalue weighted by atomic mass is 10.2. The third-order valence-corrected chi connectivity index (χ3v) is 3.44. The number of H-pyrrole nitrogens is 1. The normalized spacial score (nSPS) is 11.4. The van der Waals surface area contributed by atoms with Gasteiger partial charge in [0.05, 0.1) is 12.6 Å². The van der Waals surface area contributed by atoms with Crippen molar-refractivity contribution in [1.82, 2.24) is 9.55 Å². The van der Waals surface area contributed by atoms with E-state index in [2.05, 4.69) is 29.5 Å². The molecule has 0 unspecified atom stereocenters. The molecule has 0 bridgehead atoms. The average molecular weight is 294 g/mol. The SMILES string of the molecule is COc1cccc2c1[nH]c(=S)n2CCCOCC(C)C. The van der Waals surface area contributed by atoms with Gasteiger partial charge in [-0.25, -0.2) is 0 Å². The van der Waals surface area contributed by atoms with E-state index in [1.165, 1.54) is 0 Å². The van der Waals surface area contributed by atoms with E-state index in [1.54, 1.807) is 7.11 Å². The molecule has 0 aliphatic heterocycles. The van der Waals surface area contributed by atoms with E-state index in [4.69, 9.17) is 21.7 Å². The fourth-order valence-corrected chi connectivity index (χ4v) is 2.48. The number of benzene rings is 1. The number of methoxy groups -OCH3 is 1. The maximum Gasteiger partial charge on any atom is 0.178 e. The number of hydrogen-bond donors (Lipinski definition) is 1. The monoisotopic (exact) mass is 294 g/mol. The summed E-state index contributed by atoms with van der Waals surface area (Å²) in [6.45, 7) is 6.73. The molecule has 1 N–H and O–H groups in total. The number of ether oxygens (including phenoxy) is 2. The first kappa shape index (κ1) is 15.1. The Kier molecular flexibility index (Phi) is 5.20. The lowest BCUT2D eigenvalue weighted by Gasteiger charge is -2.08. The predicted octanol–water partition coefficient (Wildman–Crippen LogP) is 3.77. The van der Waals surface area contributed by atoms with Gasteiger partial charge in [0.2, 0.25) is 0 Å². The first-order valence-electron chi connectivity index (χ1n) is 6.96. The van der Waals surface area contributed by atoms with Crippen LogP contribution in [-0.2, 0) is 11.3 Å². The molecule has 1 aromatic heterocycles. The van der Waals surface area contributed by atoms with Crippen LogP contribution >= 0.6 is 12.2 Å². The number of aryl methyl sites for hydroxylation is 1. The molecule has 2 aromatic rings. The number of fused-ring (bicyclic) bond motifs is 1. The molecule has 0 spiro atoms.